The van der Waals surface area contributed by atoms with E-state index in [0.29, 0.717) is 32.4 Å². The van der Waals surface area contributed by atoms with Crippen LogP contribution >= 0.6 is 0 Å². The highest BCUT2D eigenvalue weighted by Crippen LogP contribution is 2.22. The quantitative estimate of drug-likeness (QED) is 0.585. The summed E-state index contributed by atoms with van der Waals surface area (Å²) in [7, 11) is 0. The fraction of sp³-hybridized carbons (Fsp3) is 0.692. The van der Waals surface area contributed by atoms with E-state index in [9.17, 15) is 9.59 Å². The first kappa shape index (κ1) is 14.4. The minimum atomic E-state index is -0.768. The second kappa shape index (κ2) is 6.90. The van der Waals surface area contributed by atoms with Gasteiger partial charge in [-0.15, -0.1) is 12.3 Å². The van der Waals surface area contributed by atoms with E-state index in [2.05, 4.69) is 11.2 Å². The molecule has 1 aliphatic rings. The van der Waals surface area contributed by atoms with Crippen molar-refractivity contribution in [1.82, 2.24) is 10.2 Å². The van der Waals surface area contributed by atoms with Gasteiger partial charge in [0.2, 0.25) is 0 Å². The predicted octanol–water partition coefficient (Wildman–Crippen LogP) is 1.29. The number of hydrogen-bond donors (Lipinski definition) is 2. The highest BCUT2D eigenvalue weighted by molar-refractivity contribution is 5.75. The van der Waals surface area contributed by atoms with Crippen LogP contribution in [-0.4, -0.2) is 41.1 Å². The third-order valence-electron chi connectivity index (χ3n) is 3.26. The standard InChI is InChI=1S/C13H20N2O3/c1-3-4-5-7-14-13(18)15-8-6-11(12(16)17)9-10(15)2/h1,10-11H,4-9H2,2H3,(H,14,18)(H,16,17). The van der Waals surface area contributed by atoms with Crippen molar-refractivity contribution < 1.29 is 14.7 Å². The fourth-order valence-electron chi connectivity index (χ4n) is 2.19. The zero-order valence-corrected chi connectivity index (χ0v) is 10.7. The Morgan fingerprint density at radius 1 is 1.56 bits per heavy atom. The van der Waals surface area contributed by atoms with E-state index >= 15 is 0 Å². The van der Waals surface area contributed by atoms with Gasteiger partial charge < -0.3 is 15.3 Å². The van der Waals surface area contributed by atoms with Gasteiger partial charge >= 0.3 is 12.0 Å². The first-order valence-electron chi connectivity index (χ1n) is 6.27. The zero-order chi connectivity index (χ0) is 13.5. The third-order valence-corrected chi connectivity index (χ3v) is 3.26. The molecule has 100 valence electrons. The van der Waals surface area contributed by atoms with Gasteiger partial charge in [0.05, 0.1) is 5.92 Å². The SMILES string of the molecule is C#CCCCNC(=O)N1CCC(C(=O)O)CC1C. The lowest BCUT2D eigenvalue weighted by Gasteiger charge is -2.36. The molecule has 1 rings (SSSR count). The number of carbonyl (C=O) groups is 2. The number of rotatable bonds is 4. The van der Waals surface area contributed by atoms with Gasteiger partial charge in [0.25, 0.3) is 0 Å². The molecule has 0 spiro atoms. The molecule has 0 aromatic rings. The van der Waals surface area contributed by atoms with Crippen LogP contribution in [0.1, 0.15) is 32.6 Å². The number of terminal acetylenes is 1. The third kappa shape index (κ3) is 3.95. The number of carboxylic acid groups (broad SMARTS) is 1. The number of hydrogen-bond acceptors (Lipinski definition) is 2. The first-order chi connectivity index (χ1) is 8.56. The lowest BCUT2D eigenvalue weighted by Crippen LogP contribution is -2.50. The Labute approximate surface area is 108 Å². The second-order valence-corrected chi connectivity index (χ2v) is 4.64. The molecule has 0 saturated carbocycles. The van der Waals surface area contributed by atoms with Crippen LogP contribution in [0.5, 0.6) is 0 Å². The van der Waals surface area contributed by atoms with E-state index in [1.807, 2.05) is 6.92 Å². The minimum Gasteiger partial charge on any atom is -0.481 e. The van der Waals surface area contributed by atoms with E-state index in [-0.39, 0.29) is 18.0 Å². The molecule has 0 aromatic heterocycles. The van der Waals surface area contributed by atoms with Crippen LogP contribution in [0.4, 0.5) is 4.79 Å². The molecular formula is C13H20N2O3. The summed E-state index contributed by atoms with van der Waals surface area (Å²) in [5.74, 6) is 1.42. The van der Waals surface area contributed by atoms with Crippen LogP contribution in [-0.2, 0) is 4.79 Å². The summed E-state index contributed by atoms with van der Waals surface area (Å²) in [6.07, 6.45) is 7.59. The molecule has 2 atom stereocenters. The number of urea groups is 1. The summed E-state index contributed by atoms with van der Waals surface area (Å²) in [6, 6.07) is -0.157. The van der Waals surface area contributed by atoms with E-state index < -0.39 is 5.97 Å². The van der Waals surface area contributed by atoms with Gasteiger partial charge in [-0.3, -0.25) is 4.79 Å². The van der Waals surface area contributed by atoms with Crippen LogP contribution < -0.4 is 5.32 Å². The van der Waals surface area contributed by atoms with Gasteiger partial charge in [0, 0.05) is 25.6 Å². The number of carbonyl (C=O) groups excluding carboxylic acids is 1. The Balaban J connectivity index is 2.36. The van der Waals surface area contributed by atoms with Gasteiger partial charge in [-0.2, -0.15) is 0 Å². The Morgan fingerprint density at radius 2 is 2.28 bits per heavy atom. The van der Waals surface area contributed by atoms with E-state index in [1.165, 1.54) is 0 Å². The molecule has 1 heterocycles. The van der Waals surface area contributed by atoms with Crippen LogP contribution in [0, 0.1) is 18.3 Å². The van der Waals surface area contributed by atoms with Gasteiger partial charge in [-0.05, 0) is 26.2 Å². The van der Waals surface area contributed by atoms with Crippen LogP contribution in [0.3, 0.4) is 0 Å². The normalized spacial score (nSPS) is 23.2. The van der Waals surface area contributed by atoms with Gasteiger partial charge in [0.1, 0.15) is 0 Å². The Hall–Kier alpha value is -1.70. The molecule has 0 aromatic carbocycles. The molecular weight excluding hydrogens is 232 g/mol. The number of likely N-dealkylation sites (tertiary alicyclic amines) is 1. The van der Waals surface area contributed by atoms with Crippen LogP contribution in [0.2, 0.25) is 0 Å². The number of nitrogens with one attached hydrogen (secondary N) is 1. The largest absolute Gasteiger partial charge is 0.481 e. The molecule has 0 radical (unpaired) electrons. The molecule has 0 bridgehead atoms. The minimum absolute atomic E-state index is 0.0347. The van der Waals surface area contributed by atoms with Crippen molar-refractivity contribution in [3.05, 3.63) is 0 Å². The van der Waals surface area contributed by atoms with Crippen molar-refractivity contribution in [1.29, 1.82) is 0 Å². The van der Waals surface area contributed by atoms with Gasteiger partial charge in [0.15, 0.2) is 0 Å². The summed E-state index contributed by atoms with van der Waals surface area (Å²) in [5.41, 5.74) is 0. The lowest BCUT2D eigenvalue weighted by atomic mass is 9.92. The molecule has 5 nitrogen and oxygen atoms in total. The summed E-state index contributed by atoms with van der Waals surface area (Å²) >= 11 is 0. The molecule has 5 heteroatoms. The first-order valence-corrected chi connectivity index (χ1v) is 6.27. The number of piperidine rings is 1. The summed E-state index contributed by atoms with van der Waals surface area (Å²) in [4.78, 5) is 24.5. The molecule has 0 aliphatic carbocycles. The monoisotopic (exact) mass is 252 g/mol. The maximum absolute atomic E-state index is 11.9. The van der Waals surface area contributed by atoms with Gasteiger partial charge in [-0.25, -0.2) is 4.79 Å². The average Bonchev–Trinajstić information content (AvgIpc) is 2.34. The molecule has 2 N–H and O–H groups in total. The number of aliphatic carboxylic acids is 1. The molecule has 1 saturated heterocycles. The number of unbranched alkanes of at least 4 members (excludes halogenated alkanes) is 1. The van der Waals surface area contributed by atoms with Gasteiger partial charge in [-0.1, -0.05) is 0 Å². The second-order valence-electron chi connectivity index (χ2n) is 4.64. The number of carboxylic acids is 1. The smallest absolute Gasteiger partial charge is 0.317 e. The Morgan fingerprint density at radius 3 is 2.83 bits per heavy atom. The molecule has 2 amide bonds. The fourth-order valence-corrected chi connectivity index (χ4v) is 2.19. The topological polar surface area (TPSA) is 69.6 Å². The summed E-state index contributed by atoms with van der Waals surface area (Å²) in [6.45, 7) is 2.95. The highest BCUT2D eigenvalue weighted by atomic mass is 16.4. The van der Waals surface area contributed by atoms with Crippen LogP contribution in [0.25, 0.3) is 0 Å². The Bertz CT molecular complexity index is 349. The van der Waals surface area contributed by atoms with Crippen molar-refractivity contribution in [2.75, 3.05) is 13.1 Å². The van der Waals surface area contributed by atoms with E-state index in [1.54, 1.807) is 4.90 Å². The molecule has 2 unspecified atom stereocenters. The predicted molar refractivity (Wildman–Crippen MR) is 68.0 cm³/mol. The maximum atomic E-state index is 11.9. The van der Waals surface area contributed by atoms with Crippen molar-refractivity contribution >= 4 is 12.0 Å². The van der Waals surface area contributed by atoms with Crippen molar-refractivity contribution in [2.24, 2.45) is 5.92 Å². The van der Waals surface area contributed by atoms with Crippen molar-refractivity contribution in [2.45, 2.75) is 38.6 Å². The average molecular weight is 252 g/mol. The Kier molecular flexibility index (Phi) is 5.50. The lowest BCUT2D eigenvalue weighted by molar-refractivity contribution is -0.143. The summed E-state index contributed by atoms with van der Waals surface area (Å²) in [5, 5.41) is 11.7. The maximum Gasteiger partial charge on any atom is 0.317 e. The molecule has 1 aliphatic heterocycles. The molecule has 1 fully saturated rings. The van der Waals surface area contributed by atoms with Crippen LogP contribution in [0.15, 0.2) is 0 Å². The van der Waals surface area contributed by atoms with Crippen molar-refractivity contribution in [3.63, 3.8) is 0 Å². The van der Waals surface area contributed by atoms with Crippen molar-refractivity contribution in [3.8, 4) is 12.3 Å². The molecule has 18 heavy (non-hydrogen) atoms. The summed E-state index contributed by atoms with van der Waals surface area (Å²) < 4.78 is 0. The van der Waals surface area contributed by atoms with E-state index in [0.717, 1.165) is 6.42 Å². The number of nitrogens with zero attached hydrogens (tertiary/aromatic N) is 1. The highest BCUT2D eigenvalue weighted by Gasteiger charge is 2.31. The number of amides is 2. The van der Waals surface area contributed by atoms with E-state index in [4.69, 9.17) is 11.5 Å². The zero-order valence-electron chi connectivity index (χ0n) is 10.7.